The Balaban J connectivity index is 1.71. The summed E-state index contributed by atoms with van der Waals surface area (Å²) in [5.74, 6) is 1.23. The third-order valence-corrected chi connectivity index (χ3v) is 6.05. The number of para-hydroxylation sites is 1. The lowest BCUT2D eigenvalue weighted by atomic mass is 10.0. The van der Waals surface area contributed by atoms with E-state index in [-0.39, 0.29) is 23.3 Å². The van der Waals surface area contributed by atoms with Gasteiger partial charge in [-0.05, 0) is 36.1 Å². The first-order valence-electron chi connectivity index (χ1n) is 11.0. The fourth-order valence-corrected chi connectivity index (χ4v) is 4.37. The lowest BCUT2D eigenvalue weighted by molar-refractivity contribution is 0.532. The van der Waals surface area contributed by atoms with Crippen LogP contribution in [-0.2, 0) is 0 Å². The Morgan fingerprint density at radius 1 is 1.11 bits per heavy atom. The minimum atomic E-state index is -0.330. The van der Waals surface area contributed by atoms with Crippen LogP contribution in [0.3, 0.4) is 0 Å². The molecule has 5 aromatic rings. The summed E-state index contributed by atoms with van der Waals surface area (Å²) in [6.07, 6.45) is 1.99. The number of hydrogen-bond donors (Lipinski definition) is 2. The summed E-state index contributed by atoms with van der Waals surface area (Å²) in [6.45, 7) is 3.71. The number of benzene rings is 2. The topological polar surface area (TPSA) is 125 Å². The zero-order valence-electron chi connectivity index (χ0n) is 19.1. The highest BCUT2D eigenvalue weighted by molar-refractivity contribution is 6.35. The van der Waals surface area contributed by atoms with Crippen molar-refractivity contribution in [2.24, 2.45) is 0 Å². The molecule has 1 atom stereocenters. The first kappa shape index (κ1) is 22.5. The van der Waals surface area contributed by atoms with Gasteiger partial charge < -0.3 is 15.5 Å². The minimum Gasteiger partial charge on any atom is -0.421 e. The molecular formula is C25H22ClN7O2. The second-order valence-corrected chi connectivity index (χ2v) is 8.37. The number of aromatic nitrogens is 5. The molecule has 10 heteroatoms. The zero-order valence-corrected chi connectivity index (χ0v) is 19.8. The van der Waals surface area contributed by atoms with Crippen LogP contribution in [0.4, 0.5) is 11.6 Å². The van der Waals surface area contributed by atoms with E-state index < -0.39 is 0 Å². The van der Waals surface area contributed by atoms with Crippen molar-refractivity contribution in [3.63, 3.8) is 0 Å². The van der Waals surface area contributed by atoms with Crippen LogP contribution in [0.25, 0.3) is 27.9 Å². The average Bonchev–Trinajstić information content (AvgIpc) is 3.28. The Morgan fingerprint density at radius 3 is 2.63 bits per heavy atom. The number of nitrogens with one attached hydrogen (secondary N) is 1. The maximum atomic E-state index is 13.8. The predicted octanol–water partition coefficient (Wildman–Crippen LogP) is 4.94. The van der Waals surface area contributed by atoms with E-state index in [1.807, 2.05) is 55.5 Å². The number of fused-ring (bicyclic) bond motifs is 1. The summed E-state index contributed by atoms with van der Waals surface area (Å²) in [5.41, 5.74) is 7.83. The van der Waals surface area contributed by atoms with Crippen LogP contribution in [0.1, 0.15) is 31.0 Å². The maximum absolute atomic E-state index is 13.8. The summed E-state index contributed by atoms with van der Waals surface area (Å²) in [4.78, 5) is 22.3. The summed E-state index contributed by atoms with van der Waals surface area (Å²) in [5, 5.41) is 13.0. The molecular weight excluding hydrogens is 466 g/mol. The number of hydrogen-bond acceptors (Lipinski definition) is 8. The predicted molar refractivity (Wildman–Crippen MR) is 136 cm³/mol. The summed E-state index contributed by atoms with van der Waals surface area (Å²) >= 11 is 6.44. The largest absolute Gasteiger partial charge is 0.421 e. The fourth-order valence-electron chi connectivity index (χ4n) is 4.11. The fraction of sp³-hybridized carbons (Fsp3) is 0.160. The Morgan fingerprint density at radius 2 is 1.91 bits per heavy atom. The quantitative estimate of drug-likeness (QED) is 0.345. The highest BCUT2D eigenvalue weighted by Crippen LogP contribution is 2.34. The van der Waals surface area contributed by atoms with Crippen molar-refractivity contribution in [2.45, 2.75) is 26.3 Å². The van der Waals surface area contributed by atoms with Crippen LogP contribution in [0.2, 0.25) is 5.02 Å². The molecule has 0 radical (unpaired) electrons. The molecule has 35 heavy (non-hydrogen) atoms. The smallest absolute Gasteiger partial charge is 0.264 e. The van der Waals surface area contributed by atoms with Crippen molar-refractivity contribution < 1.29 is 4.42 Å². The summed E-state index contributed by atoms with van der Waals surface area (Å²) < 4.78 is 7.28. The molecule has 0 saturated carbocycles. The van der Waals surface area contributed by atoms with Crippen LogP contribution in [0, 0.1) is 6.92 Å². The molecule has 176 valence electrons. The molecule has 1 unspecified atom stereocenters. The van der Waals surface area contributed by atoms with Gasteiger partial charge in [-0.25, -0.2) is 9.97 Å². The number of aryl methyl sites for hydroxylation is 1. The van der Waals surface area contributed by atoms with Crippen LogP contribution in [-0.4, -0.2) is 24.7 Å². The number of nitrogens with zero attached hydrogens (tertiary/aromatic N) is 5. The van der Waals surface area contributed by atoms with E-state index in [2.05, 4.69) is 25.5 Å². The first-order chi connectivity index (χ1) is 17.0. The van der Waals surface area contributed by atoms with Crippen molar-refractivity contribution >= 4 is 34.0 Å². The van der Waals surface area contributed by atoms with Gasteiger partial charge in [0.15, 0.2) is 0 Å². The van der Waals surface area contributed by atoms with Gasteiger partial charge in [-0.2, -0.15) is 0 Å². The third kappa shape index (κ3) is 4.10. The lowest BCUT2D eigenvalue weighted by Gasteiger charge is -2.24. The number of halogens is 1. The molecule has 0 aliphatic carbocycles. The standard InChI is InChI=1S/C25H22ClN7O2/c1-3-18(30-23-21(22(27)28-13-29-23)24-32-31-14(2)35-24)19-12-15-8-7-11-17(26)20(15)25(34)33(19)16-9-5-4-6-10-16/h4-13,18H,3H2,1-2H3,(H3,27,28,29,30). The number of rotatable bonds is 6. The van der Waals surface area contributed by atoms with Crippen molar-refractivity contribution in [1.29, 1.82) is 0 Å². The second-order valence-electron chi connectivity index (χ2n) is 7.96. The first-order valence-corrected chi connectivity index (χ1v) is 11.4. The van der Waals surface area contributed by atoms with E-state index in [0.717, 1.165) is 16.8 Å². The molecule has 0 fully saturated rings. The Bertz CT molecular complexity index is 1580. The van der Waals surface area contributed by atoms with Gasteiger partial charge in [0.1, 0.15) is 23.5 Å². The molecule has 0 spiro atoms. The third-order valence-electron chi connectivity index (χ3n) is 5.73. The van der Waals surface area contributed by atoms with Gasteiger partial charge in [0.05, 0.1) is 16.5 Å². The van der Waals surface area contributed by atoms with E-state index in [1.165, 1.54) is 6.33 Å². The lowest BCUT2D eigenvalue weighted by Crippen LogP contribution is -2.27. The molecule has 5 rings (SSSR count). The normalized spacial score (nSPS) is 12.1. The van der Waals surface area contributed by atoms with E-state index in [0.29, 0.717) is 34.1 Å². The van der Waals surface area contributed by atoms with Gasteiger partial charge in [0.2, 0.25) is 5.89 Å². The molecule has 3 N–H and O–H groups in total. The van der Waals surface area contributed by atoms with Crippen LogP contribution < -0.4 is 16.6 Å². The van der Waals surface area contributed by atoms with Gasteiger partial charge in [-0.3, -0.25) is 9.36 Å². The molecule has 0 amide bonds. The number of nitrogen functional groups attached to an aromatic ring is 1. The number of nitrogens with two attached hydrogens (primary N) is 1. The average molecular weight is 488 g/mol. The second kappa shape index (κ2) is 9.19. The van der Waals surface area contributed by atoms with Crippen LogP contribution in [0.15, 0.2) is 70.1 Å². The SMILES string of the molecule is CCC(Nc1ncnc(N)c1-c1nnc(C)o1)c1cc2cccc(Cl)c2c(=O)n1-c1ccccc1. The van der Waals surface area contributed by atoms with Crippen molar-refractivity contribution in [3.05, 3.63) is 87.9 Å². The molecule has 3 heterocycles. The molecule has 0 saturated heterocycles. The molecule has 9 nitrogen and oxygen atoms in total. The van der Waals surface area contributed by atoms with Gasteiger partial charge in [-0.15, -0.1) is 10.2 Å². The van der Waals surface area contributed by atoms with E-state index in [1.54, 1.807) is 17.6 Å². The molecule has 0 aliphatic heterocycles. The highest BCUT2D eigenvalue weighted by Gasteiger charge is 2.23. The van der Waals surface area contributed by atoms with Crippen molar-refractivity contribution in [1.82, 2.24) is 24.7 Å². The van der Waals surface area contributed by atoms with Gasteiger partial charge in [-0.1, -0.05) is 48.9 Å². The van der Waals surface area contributed by atoms with Gasteiger partial charge in [0, 0.05) is 18.3 Å². The summed E-state index contributed by atoms with van der Waals surface area (Å²) in [7, 11) is 0. The molecule has 3 aromatic heterocycles. The van der Waals surface area contributed by atoms with Gasteiger partial charge >= 0.3 is 0 Å². The maximum Gasteiger partial charge on any atom is 0.264 e. The monoisotopic (exact) mass is 487 g/mol. The molecule has 2 aromatic carbocycles. The van der Waals surface area contributed by atoms with Crippen LogP contribution in [0.5, 0.6) is 0 Å². The number of pyridine rings is 1. The van der Waals surface area contributed by atoms with Gasteiger partial charge in [0.25, 0.3) is 11.4 Å². The highest BCUT2D eigenvalue weighted by atomic mass is 35.5. The van der Waals surface area contributed by atoms with E-state index in [4.69, 9.17) is 21.8 Å². The molecule has 0 aliphatic rings. The Labute approximate surface area is 205 Å². The minimum absolute atomic E-state index is 0.201. The van der Waals surface area contributed by atoms with Crippen molar-refractivity contribution in [2.75, 3.05) is 11.1 Å². The van der Waals surface area contributed by atoms with E-state index in [9.17, 15) is 4.79 Å². The van der Waals surface area contributed by atoms with Crippen LogP contribution >= 0.6 is 11.6 Å². The van der Waals surface area contributed by atoms with Crippen molar-refractivity contribution in [3.8, 4) is 17.1 Å². The Hall–Kier alpha value is -4.24. The zero-order chi connectivity index (χ0) is 24.5. The Kier molecular flexibility index (Phi) is 5.92. The summed E-state index contributed by atoms with van der Waals surface area (Å²) in [6, 6.07) is 16.5. The van der Waals surface area contributed by atoms with E-state index >= 15 is 0 Å². The molecule has 0 bridgehead atoms. The number of anilines is 2.